The zero-order chi connectivity index (χ0) is 11.1. The number of nitrogens with zero attached hydrogens (tertiary/aromatic N) is 1. The maximum atomic E-state index is 8.87. The number of hydrogen-bond donors (Lipinski definition) is 2. The first-order chi connectivity index (χ1) is 6.98. The van der Waals surface area contributed by atoms with Crippen molar-refractivity contribution in [3.8, 4) is 0 Å². The van der Waals surface area contributed by atoms with Crippen LogP contribution < -0.4 is 5.32 Å². The van der Waals surface area contributed by atoms with Gasteiger partial charge >= 0.3 is 0 Å². The molecule has 2 rings (SSSR count). The third-order valence-electron chi connectivity index (χ3n) is 3.99. The van der Waals surface area contributed by atoms with Crippen molar-refractivity contribution in [2.75, 3.05) is 26.2 Å². The lowest BCUT2D eigenvalue weighted by Crippen LogP contribution is -2.42. The lowest BCUT2D eigenvalue weighted by atomic mass is 10.0. The van der Waals surface area contributed by atoms with Gasteiger partial charge in [-0.1, -0.05) is 0 Å². The van der Waals surface area contributed by atoms with Gasteiger partial charge in [-0.25, -0.2) is 0 Å². The molecule has 15 heavy (non-hydrogen) atoms. The summed E-state index contributed by atoms with van der Waals surface area (Å²) in [7, 11) is 0. The number of nitrogens with one attached hydrogen (secondary N) is 1. The molecule has 0 amide bonds. The number of hydrogen-bond acceptors (Lipinski definition) is 3. The van der Waals surface area contributed by atoms with E-state index in [1.165, 1.54) is 19.4 Å². The highest BCUT2D eigenvalue weighted by molar-refractivity contribution is 5.11. The molecular formula is C12H24N2O. The fraction of sp³-hybridized carbons (Fsp3) is 1.00. The Hall–Kier alpha value is -0.120. The van der Waals surface area contributed by atoms with E-state index < -0.39 is 0 Å². The van der Waals surface area contributed by atoms with Crippen LogP contribution in [0.4, 0.5) is 0 Å². The predicted octanol–water partition coefficient (Wildman–Crippen LogP) is 0.831. The van der Waals surface area contributed by atoms with Crippen molar-refractivity contribution in [1.82, 2.24) is 10.2 Å². The van der Waals surface area contributed by atoms with Crippen LogP contribution in [-0.2, 0) is 0 Å². The van der Waals surface area contributed by atoms with E-state index in [0.29, 0.717) is 11.5 Å². The molecule has 1 aliphatic carbocycles. The second-order valence-corrected chi connectivity index (χ2v) is 6.14. The van der Waals surface area contributed by atoms with Crippen LogP contribution in [0.25, 0.3) is 0 Å². The molecule has 1 atom stereocenters. The topological polar surface area (TPSA) is 35.5 Å². The molecule has 0 aromatic carbocycles. The Labute approximate surface area is 92.8 Å². The fourth-order valence-electron chi connectivity index (χ4n) is 2.67. The molecule has 88 valence electrons. The molecule has 1 aliphatic heterocycles. The SMILES string of the molecule is CC(C)(C)N1C[C@H](NCCO)C2(CC2)C1. The normalized spacial score (nSPS) is 30.0. The highest BCUT2D eigenvalue weighted by Gasteiger charge is 2.56. The van der Waals surface area contributed by atoms with Crippen LogP contribution in [0, 0.1) is 5.41 Å². The Morgan fingerprint density at radius 1 is 1.40 bits per heavy atom. The van der Waals surface area contributed by atoms with Gasteiger partial charge in [0.25, 0.3) is 0 Å². The molecule has 0 unspecified atom stereocenters. The molecule has 1 saturated carbocycles. The first kappa shape index (κ1) is 11.4. The molecule has 3 heteroatoms. The van der Waals surface area contributed by atoms with Crippen molar-refractivity contribution in [2.45, 2.75) is 45.2 Å². The quantitative estimate of drug-likeness (QED) is 0.727. The van der Waals surface area contributed by atoms with Crippen molar-refractivity contribution in [2.24, 2.45) is 5.41 Å². The highest BCUT2D eigenvalue weighted by atomic mass is 16.3. The maximum absolute atomic E-state index is 8.87. The van der Waals surface area contributed by atoms with E-state index in [1.54, 1.807) is 0 Å². The van der Waals surface area contributed by atoms with E-state index in [4.69, 9.17) is 5.11 Å². The number of rotatable bonds is 3. The summed E-state index contributed by atoms with van der Waals surface area (Å²) in [5, 5.41) is 12.4. The molecular weight excluding hydrogens is 188 g/mol. The highest BCUT2D eigenvalue weighted by Crippen LogP contribution is 2.53. The average Bonchev–Trinajstić information content (AvgIpc) is 2.77. The minimum absolute atomic E-state index is 0.252. The lowest BCUT2D eigenvalue weighted by molar-refractivity contribution is 0.164. The van der Waals surface area contributed by atoms with Crippen LogP contribution in [-0.4, -0.2) is 47.8 Å². The van der Waals surface area contributed by atoms with Crippen LogP contribution in [0.1, 0.15) is 33.6 Å². The van der Waals surface area contributed by atoms with Crippen molar-refractivity contribution in [1.29, 1.82) is 0 Å². The van der Waals surface area contributed by atoms with Crippen molar-refractivity contribution < 1.29 is 5.11 Å². The second-order valence-electron chi connectivity index (χ2n) is 6.14. The van der Waals surface area contributed by atoms with E-state index in [0.717, 1.165) is 13.1 Å². The van der Waals surface area contributed by atoms with Crippen molar-refractivity contribution in [3.05, 3.63) is 0 Å². The second kappa shape index (κ2) is 3.72. The molecule has 1 saturated heterocycles. The molecule has 0 aromatic rings. The summed E-state index contributed by atoms with van der Waals surface area (Å²) < 4.78 is 0. The third-order valence-corrected chi connectivity index (χ3v) is 3.99. The van der Waals surface area contributed by atoms with Gasteiger partial charge in [0.1, 0.15) is 0 Å². The van der Waals surface area contributed by atoms with E-state index >= 15 is 0 Å². The Morgan fingerprint density at radius 2 is 2.07 bits per heavy atom. The molecule has 2 fully saturated rings. The van der Waals surface area contributed by atoms with Gasteiger partial charge in [0.15, 0.2) is 0 Å². The molecule has 2 N–H and O–H groups in total. The van der Waals surface area contributed by atoms with E-state index in [1.807, 2.05) is 0 Å². The zero-order valence-corrected chi connectivity index (χ0v) is 10.2. The smallest absolute Gasteiger partial charge is 0.0556 e. The van der Waals surface area contributed by atoms with Crippen LogP contribution >= 0.6 is 0 Å². The number of aliphatic hydroxyl groups excluding tert-OH is 1. The maximum Gasteiger partial charge on any atom is 0.0556 e. The van der Waals surface area contributed by atoms with E-state index in [2.05, 4.69) is 31.0 Å². The summed E-state index contributed by atoms with van der Waals surface area (Å²) in [5.41, 5.74) is 0.827. The molecule has 1 spiro atoms. The van der Waals surface area contributed by atoms with Gasteiger partial charge in [0.05, 0.1) is 6.61 Å². The summed E-state index contributed by atoms with van der Waals surface area (Å²) >= 11 is 0. The van der Waals surface area contributed by atoms with Gasteiger partial charge in [0, 0.05) is 31.2 Å². The van der Waals surface area contributed by atoms with Crippen molar-refractivity contribution in [3.63, 3.8) is 0 Å². The predicted molar refractivity (Wildman–Crippen MR) is 61.9 cm³/mol. The number of likely N-dealkylation sites (tertiary alicyclic amines) is 1. The van der Waals surface area contributed by atoms with Gasteiger partial charge in [-0.3, -0.25) is 4.90 Å². The largest absolute Gasteiger partial charge is 0.395 e. The molecule has 1 heterocycles. The first-order valence-corrected chi connectivity index (χ1v) is 6.07. The lowest BCUT2D eigenvalue weighted by Gasteiger charge is -2.31. The molecule has 3 nitrogen and oxygen atoms in total. The average molecular weight is 212 g/mol. The Balaban J connectivity index is 1.96. The Bertz CT molecular complexity index is 230. The fourth-order valence-corrected chi connectivity index (χ4v) is 2.67. The first-order valence-electron chi connectivity index (χ1n) is 6.07. The standard InChI is InChI=1S/C12H24N2O/c1-11(2,3)14-8-10(13-6-7-15)12(9-14)4-5-12/h10,13,15H,4-9H2,1-3H3/t10-/m0/s1. The minimum Gasteiger partial charge on any atom is -0.395 e. The zero-order valence-electron chi connectivity index (χ0n) is 10.2. The van der Waals surface area contributed by atoms with Gasteiger partial charge in [-0.15, -0.1) is 0 Å². The van der Waals surface area contributed by atoms with E-state index in [9.17, 15) is 0 Å². The van der Waals surface area contributed by atoms with Gasteiger partial charge < -0.3 is 10.4 Å². The molecule has 0 radical (unpaired) electrons. The summed E-state index contributed by atoms with van der Waals surface area (Å²) in [6.45, 7) is 10.2. The van der Waals surface area contributed by atoms with Crippen LogP contribution in [0.5, 0.6) is 0 Å². The summed E-state index contributed by atoms with van der Waals surface area (Å²) in [5.74, 6) is 0. The van der Waals surface area contributed by atoms with Crippen LogP contribution in [0.15, 0.2) is 0 Å². The molecule has 2 aliphatic rings. The number of aliphatic hydroxyl groups is 1. The monoisotopic (exact) mass is 212 g/mol. The Morgan fingerprint density at radius 3 is 2.53 bits per heavy atom. The van der Waals surface area contributed by atoms with Gasteiger partial charge in [-0.05, 0) is 39.0 Å². The Kier molecular flexibility index (Phi) is 2.82. The van der Waals surface area contributed by atoms with Gasteiger partial charge in [0.2, 0.25) is 0 Å². The van der Waals surface area contributed by atoms with Gasteiger partial charge in [-0.2, -0.15) is 0 Å². The summed E-state index contributed by atoms with van der Waals surface area (Å²) in [6.07, 6.45) is 2.73. The summed E-state index contributed by atoms with van der Waals surface area (Å²) in [4.78, 5) is 2.58. The third kappa shape index (κ3) is 2.19. The van der Waals surface area contributed by atoms with Crippen LogP contribution in [0.3, 0.4) is 0 Å². The van der Waals surface area contributed by atoms with Crippen LogP contribution in [0.2, 0.25) is 0 Å². The summed E-state index contributed by atoms with van der Waals surface area (Å²) in [6, 6.07) is 0.601. The van der Waals surface area contributed by atoms with E-state index in [-0.39, 0.29) is 12.1 Å². The minimum atomic E-state index is 0.252. The molecule has 0 aromatic heterocycles. The molecule has 0 bridgehead atoms. The van der Waals surface area contributed by atoms with Crippen molar-refractivity contribution >= 4 is 0 Å².